The predicted octanol–water partition coefficient (Wildman–Crippen LogP) is 1.83. The lowest BCUT2D eigenvalue weighted by Crippen LogP contribution is -2.30. The monoisotopic (exact) mass is 286 g/mol. The number of alkyl halides is 2. The molecule has 0 amide bonds. The normalized spacial score (nSPS) is 11.5. The maximum absolute atomic E-state index is 13.0. The fraction of sp³-hybridized carbons (Fsp3) is 0.273. The molecule has 0 saturated carbocycles. The van der Waals surface area contributed by atoms with Gasteiger partial charge in [-0.3, -0.25) is 4.98 Å². The minimum absolute atomic E-state index is 0.269. The van der Waals surface area contributed by atoms with Crippen molar-refractivity contribution >= 4 is 22.4 Å². The highest BCUT2D eigenvalue weighted by atomic mass is 32.1. The number of halogens is 2. The number of nitrogens with two attached hydrogens (primary N) is 1. The highest BCUT2D eigenvalue weighted by Crippen LogP contribution is 2.36. The number of anilines is 2. The molecule has 0 aliphatic rings. The first-order valence-corrected chi connectivity index (χ1v) is 6.19. The Balaban J connectivity index is 2.24. The summed E-state index contributed by atoms with van der Waals surface area (Å²) in [5, 5.41) is 11.5. The van der Waals surface area contributed by atoms with Crippen molar-refractivity contribution in [3.05, 3.63) is 24.5 Å². The second kappa shape index (κ2) is 5.45. The molecule has 0 unspecified atom stereocenters. The maximum atomic E-state index is 13.0. The molecule has 102 valence electrons. The number of aromatic nitrogens is 2. The number of hydrogen-bond acceptors (Lipinski definition) is 6. The standard InChI is InChI=1S/C11H12F2N4OS/c12-11(13,6-18)5-16-10-8(9(14)17-19-10)7-1-3-15-4-2-7/h1-4,16,18H,5-6H2,(H2,14,17). The summed E-state index contributed by atoms with van der Waals surface area (Å²) >= 11 is 1.00. The van der Waals surface area contributed by atoms with Gasteiger partial charge in [-0.25, -0.2) is 8.78 Å². The van der Waals surface area contributed by atoms with Crippen LogP contribution in [0.3, 0.4) is 0 Å². The molecule has 0 aliphatic carbocycles. The zero-order chi connectivity index (χ0) is 13.9. The Kier molecular flexibility index (Phi) is 3.91. The van der Waals surface area contributed by atoms with E-state index in [2.05, 4.69) is 14.7 Å². The van der Waals surface area contributed by atoms with Gasteiger partial charge < -0.3 is 16.2 Å². The van der Waals surface area contributed by atoms with Crippen molar-refractivity contribution in [2.75, 3.05) is 24.2 Å². The van der Waals surface area contributed by atoms with Crippen molar-refractivity contribution < 1.29 is 13.9 Å². The van der Waals surface area contributed by atoms with Crippen molar-refractivity contribution in [2.24, 2.45) is 0 Å². The van der Waals surface area contributed by atoms with E-state index in [-0.39, 0.29) is 5.82 Å². The minimum atomic E-state index is -3.19. The van der Waals surface area contributed by atoms with Crippen LogP contribution in [0.2, 0.25) is 0 Å². The van der Waals surface area contributed by atoms with Crippen molar-refractivity contribution in [3.8, 4) is 11.1 Å². The molecule has 0 atom stereocenters. The molecule has 0 bridgehead atoms. The van der Waals surface area contributed by atoms with Crippen LogP contribution in [-0.4, -0.2) is 33.5 Å². The number of aliphatic hydroxyl groups is 1. The number of rotatable bonds is 5. The molecule has 0 aromatic carbocycles. The van der Waals surface area contributed by atoms with E-state index < -0.39 is 19.1 Å². The topological polar surface area (TPSA) is 84.1 Å². The molecular formula is C11H12F2N4OS. The summed E-state index contributed by atoms with van der Waals surface area (Å²) in [5.41, 5.74) is 7.06. The van der Waals surface area contributed by atoms with Crippen molar-refractivity contribution in [2.45, 2.75) is 5.92 Å². The van der Waals surface area contributed by atoms with Crippen LogP contribution in [0.1, 0.15) is 0 Å². The highest BCUT2D eigenvalue weighted by Gasteiger charge is 2.28. The van der Waals surface area contributed by atoms with Gasteiger partial charge in [0.15, 0.2) is 0 Å². The van der Waals surface area contributed by atoms with E-state index in [1.165, 1.54) is 0 Å². The van der Waals surface area contributed by atoms with Crippen LogP contribution >= 0.6 is 11.5 Å². The van der Waals surface area contributed by atoms with Crippen molar-refractivity contribution in [3.63, 3.8) is 0 Å². The SMILES string of the molecule is Nc1nsc(NCC(F)(F)CO)c1-c1ccncc1. The summed E-state index contributed by atoms with van der Waals surface area (Å²) in [6, 6.07) is 3.44. The largest absolute Gasteiger partial charge is 0.390 e. The molecule has 2 rings (SSSR count). The summed E-state index contributed by atoms with van der Waals surface area (Å²) in [5.74, 6) is -2.92. The predicted molar refractivity (Wildman–Crippen MR) is 70.3 cm³/mol. The number of nitrogens with one attached hydrogen (secondary N) is 1. The average Bonchev–Trinajstić information content (AvgIpc) is 2.79. The van der Waals surface area contributed by atoms with E-state index in [9.17, 15) is 8.78 Å². The smallest absolute Gasteiger partial charge is 0.287 e. The third-order valence-electron chi connectivity index (χ3n) is 2.43. The fourth-order valence-corrected chi connectivity index (χ4v) is 2.22. The molecule has 0 saturated heterocycles. The summed E-state index contributed by atoms with van der Waals surface area (Å²) in [6.45, 7) is -1.89. The number of hydrogen-bond donors (Lipinski definition) is 3. The lowest BCUT2D eigenvalue weighted by molar-refractivity contribution is -0.0372. The number of nitrogens with zero attached hydrogens (tertiary/aromatic N) is 2. The highest BCUT2D eigenvalue weighted by molar-refractivity contribution is 7.11. The van der Waals surface area contributed by atoms with E-state index >= 15 is 0 Å². The average molecular weight is 286 g/mol. The van der Waals surface area contributed by atoms with E-state index in [1.807, 2.05) is 0 Å². The first-order valence-electron chi connectivity index (χ1n) is 5.41. The third kappa shape index (κ3) is 3.15. The van der Waals surface area contributed by atoms with E-state index in [1.54, 1.807) is 24.5 Å². The van der Waals surface area contributed by atoms with Gasteiger partial charge in [0.25, 0.3) is 5.92 Å². The zero-order valence-corrected chi connectivity index (χ0v) is 10.6. The molecule has 0 radical (unpaired) electrons. The second-order valence-electron chi connectivity index (χ2n) is 3.88. The molecule has 0 aliphatic heterocycles. The quantitative estimate of drug-likeness (QED) is 0.781. The van der Waals surface area contributed by atoms with Crippen LogP contribution in [0.25, 0.3) is 11.1 Å². The first kappa shape index (κ1) is 13.6. The Morgan fingerprint density at radius 3 is 2.68 bits per heavy atom. The molecule has 8 heteroatoms. The molecule has 0 spiro atoms. The number of aliphatic hydroxyl groups excluding tert-OH is 1. The lowest BCUT2D eigenvalue weighted by Gasteiger charge is -2.14. The van der Waals surface area contributed by atoms with Crippen LogP contribution in [0.5, 0.6) is 0 Å². The summed E-state index contributed by atoms with van der Waals surface area (Å²) in [6.07, 6.45) is 3.16. The van der Waals surface area contributed by atoms with Gasteiger partial charge in [-0.2, -0.15) is 4.37 Å². The molecule has 0 fully saturated rings. The molecular weight excluding hydrogens is 274 g/mol. The Labute approximate surface area is 112 Å². The molecule has 4 N–H and O–H groups in total. The van der Waals surface area contributed by atoms with Crippen LogP contribution in [-0.2, 0) is 0 Å². The number of nitrogen functional groups attached to an aromatic ring is 1. The van der Waals surface area contributed by atoms with E-state index in [0.717, 1.165) is 17.1 Å². The molecule has 2 aromatic rings. The van der Waals surface area contributed by atoms with Crippen molar-refractivity contribution in [1.82, 2.24) is 9.36 Å². The Morgan fingerprint density at radius 2 is 2.05 bits per heavy atom. The van der Waals surface area contributed by atoms with E-state index in [0.29, 0.717) is 10.6 Å². The fourth-order valence-electron chi connectivity index (χ4n) is 1.49. The first-order chi connectivity index (χ1) is 9.03. The van der Waals surface area contributed by atoms with Crippen LogP contribution in [0.4, 0.5) is 19.6 Å². The molecule has 2 heterocycles. The van der Waals surface area contributed by atoms with Gasteiger partial charge >= 0.3 is 0 Å². The Morgan fingerprint density at radius 1 is 1.37 bits per heavy atom. The van der Waals surface area contributed by atoms with Gasteiger partial charge in [0, 0.05) is 12.4 Å². The van der Waals surface area contributed by atoms with Crippen LogP contribution in [0.15, 0.2) is 24.5 Å². The van der Waals surface area contributed by atoms with Gasteiger partial charge in [0.05, 0.1) is 12.1 Å². The van der Waals surface area contributed by atoms with Gasteiger partial charge in [-0.15, -0.1) is 0 Å². The molecule has 5 nitrogen and oxygen atoms in total. The zero-order valence-electron chi connectivity index (χ0n) is 9.81. The van der Waals surface area contributed by atoms with Gasteiger partial charge in [-0.1, -0.05) is 0 Å². The Bertz CT molecular complexity index is 547. The van der Waals surface area contributed by atoms with Gasteiger partial charge in [0.2, 0.25) is 0 Å². The molecule has 2 aromatic heterocycles. The maximum Gasteiger partial charge on any atom is 0.287 e. The van der Waals surface area contributed by atoms with Gasteiger partial charge in [0.1, 0.15) is 17.4 Å². The van der Waals surface area contributed by atoms with Gasteiger partial charge in [-0.05, 0) is 29.2 Å². The summed E-state index contributed by atoms with van der Waals surface area (Å²) in [4.78, 5) is 3.88. The summed E-state index contributed by atoms with van der Waals surface area (Å²) in [7, 11) is 0. The number of pyridine rings is 1. The second-order valence-corrected chi connectivity index (χ2v) is 4.65. The summed E-state index contributed by atoms with van der Waals surface area (Å²) < 4.78 is 30.0. The van der Waals surface area contributed by atoms with E-state index in [4.69, 9.17) is 10.8 Å². The van der Waals surface area contributed by atoms with Crippen molar-refractivity contribution in [1.29, 1.82) is 0 Å². The minimum Gasteiger partial charge on any atom is -0.390 e. The molecule has 19 heavy (non-hydrogen) atoms. The lowest BCUT2D eigenvalue weighted by atomic mass is 10.1. The van der Waals surface area contributed by atoms with Crippen LogP contribution in [0, 0.1) is 0 Å². The van der Waals surface area contributed by atoms with Crippen LogP contribution < -0.4 is 11.1 Å². The third-order valence-corrected chi connectivity index (χ3v) is 3.25. The Hall–Kier alpha value is -1.80.